The monoisotopic (exact) mass is 373 g/mol. The minimum Gasteiger partial charge on any atom is -0.481 e. The summed E-state index contributed by atoms with van der Waals surface area (Å²) in [7, 11) is 0. The number of hydrogen-bond donors (Lipinski definition) is 1. The van der Waals surface area contributed by atoms with Gasteiger partial charge < -0.3 is 10.1 Å². The molecule has 0 saturated heterocycles. The van der Waals surface area contributed by atoms with E-state index in [2.05, 4.69) is 5.32 Å². The normalized spacial score (nSPS) is 11.5. The number of hydrogen-bond acceptors (Lipinski definition) is 3. The van der Waals surface area contributed by atoms with E-state index in [0.29, 0.717) is 16.9 Å². The van der Waals surface area contributed by atoms with Crippen molar-refractivity contribution in [3.63, 3.8) is 0 Å². The van der Waals surface area contributed by atoms with E-state index < -0.39 is 6.10 Å². The molecule has 0 aliphatic heterocycles. The Kier molecular flexibility index (Phi) is 5.90. The summed E-state index contributed by atoms with van der Waals surface area (Å²) >= 11 is 0. The third kappa shape index (κ3) is 4.65. The summed E-state index contributed by atoms with van der Waals surface area (Å²) in [6.07, 6.45) is -0.670. The van der Waals surface area contributed by atoms with Crippen LogP contribution in [0.15, 0.2) is 72.8 Å². The van der Waals surface area contributed by atoms with Crippen molar-refractivity contribution < 1.29 is 14.3 Å². The molecule has 3 rings (SSSR count). The highest BCUT2D eigenvalue weighted by molar-refractivity contribution is 6.09. The van der Waals surface area contributed by atoms with Crippen molar-refractivity contribution >= 4 is 17.4 Å². The molecule has 4 nitrogen and oxygen atoms in total. The van der Waals surface area contributed by atoms with Crippen LogP contribution in [0.25, 0.3) is 0 Å². The van der Waals surface area contributed by atoms with Gasteiger partial charge in [-0.15, -0.1) is 0 Å². The van der Waals surface area contributed by atoms with Crippen molar-refractivity contribution in [1.29, 1.82) is 0 Å². The number of carbonyl (C=O) groups excluding carboxylic acids is 2. The van der Waals surface area contributed by atoms with Gasteiger partial charge in [-0.05, 0) is 56.7 Å². The SMILES string of the molecule is Cc1ccc(NC(=O)C(C)Oc2ccc(C(=O)c3ccccc3)cc2)c(C)c1. The van der Waals surface area contributed by atoms with Gasteiger partial charge >= 0.3 is 0 Å². The van der Waals surface area contributed by atoms with E-state index in [1.54, 1.807) is 43.3 Å². The van der Waals surface area contributed by atoms with Gasteiger partial charge in [0.25, 0.3) is 5.91 Å². The van der Waals surface area contributed by atoms with Crippen LogP contribution in [0.1, 0.15) is 34.0 Å². The second-order valence-electron chi connectivity index (χ2n) is 6.79. The molecular weight excluding hydrogens is 350 g/mol. The molecule has 0 saturated carbocycles. The molecule has 1 amide bonds. The first-order valence-electron chi connectivity index (χ1n) is 9.18. The Balaban J connectivity index is 1.63. The fourth-order valence-electron chi connectivity index (χ4n) is 2.89. The quantitative estimate of drug-likeness (QED) is 0.623. The van der Waals surface area contributed by atoms with Crippen LogP contribution in [0.3, 0.4) is 0 Å². The van der Waals surface area contributed by atoms with Crippen LogP contribution in [0.2, 0.25) is 0 Å². The summed E-state index contributed by atoms with van der Waals surface area (Å²) in [5.74, 6) is 0.261. The van der Waals surface area contributed by atoms with E-state index in [-0.39, 0.29) is 11.7 Å². The van der Waals surface area contributed by atoms with E-state index in [1.165, 1.54) is 0 Å². The Morgan fingerprint density at radius 3 is 2.14 bits per heavy atom. The molecule has 0 aliphatic carbocycles. The van der Waals surface area contributed by atoms with Gasteiger partial charge in [0.15, 0.2) is 11.9 Å². The maximum absolute atomic E-state index is 12.4. The number of aryl methyl sites for hydroxylation is 2. The number of ketones is 1. The number of amides is 1. The first-order chi connectivity index (χ1) is 13.4. The van der Waals surface area contributed by atoms with E-state index in [9.17, 15) is 9.59 Å². The van der Waals surface area contributed by atoms with Gasteiger partial charge in [0.2, 0.25) is 0 Å². The van der Waals surface area contributed by atoms with Crippen LogP contribution in [0.4, 0.5) is 5.69 Å². The van der Waals surface area contributed by atoms with Crippen LogP contribution in [-0.2, 0) is 4.79 Å². The Morgan fingerprint density at radius 2 is 1.50 bits per heavy atom. The predicted octanol–water partition coefficient (Wildman–Crippen LogP) is 4.94. The Morgan fingerprint density at radius 1 is 0.857 bits per heavy atom. The average Bonchev–Trinajstić information content (AvgIpc) is 2.70. The van der Waals surface area contributed by atoms with E-state index in [4.69, 9.17) is 4.74 Å². The molecule has 0 aliphatic rings. The molecule has 28 heavy (non-hydrogen) atoms. The van der Waals surface area contributed by atoms with Gasteiger partial charge in [-0.25, -0.2) is 0 Å². The molecule has 142 valence electrons. The summed E-state index contributed by atoms with van der Waals surface area (Å²) in [6, 6.07) is 21.8. The molecule has 3 aromatic carbocycles. The molecule has 0 bridgehead atoms. The lowest BCUT2D eigenvalue weighted by Gasteiger charge is -2.16. The molecular formula is C24H23NO3. The fraction of sp³-hybridized carbons (Fsp3) is 0.167. The summed E-state index contributed by atoms with van der Waals surface area (Å²) < 4.78 is 5.73. The maximum Gasteiger partial charge on any atom is 0.265 e. The molecule has 0 fully saturated rings. The van der Waals surface area contributed by atoms with Crippen LogP contribution >= 0.6 is 0 Å². The van der Waals surface area contributed by atoms with Crippen LogP contribution in [0, 0.1) is 13.8 Å². The van der Waals surface area contributed by atoms with Crippen molar-refractivity contribution in [3.8, 4) is 5.75 Å². The first kappa shape index (κ1) is 19.4. The Labute approximate surface area is 165 Å². The minimum absolute atomic E-state index is 0.0483. The standard InChI is InChI=1S/C24H23NO3/c1-16-9-14-22(17(2)15-16)25-24(27)18(3)28-21-12-10-20(11-13-21)23(26)19-7-5-4-6-8-19/h4-15,18H,1-3H3,(H,25,27). The number of carbonyl (C=O) groups is 2. The highest BCUT2D eigenvalue weighted by Gasteiger charge is 2.16. The first-order valence-corrected chi connectivity index (χ1v) is 9.18. The van der Waals surface area contributed by atoms with Gasteiger partial charge in [0.05, 0.1) is 0 Å². The lowest BCUT2D eigenvalue weighted by Crippen LogP contribution is -2.30. The lowest BCUT2D eigenvalue weighted by atomic mass is 10.0. The predicted molar refractivity (Wildman–Crippen MR) is 111 cm³/mol. The van der Waals surface area contributed by atoms with Crippen LogP contribution in [-0.4, -0.2) is 17.8 Å². The maximum atomic E-state index is 12.4. The van der Waals surface area contributed by atoms with Crippen molar-refractivity contribution in [3.05, 3.63) is 95.1 Å². The van der Waals surface area contributed by atoms with E-state index >= 15 is 0 Å². The zero-order valence-corrected chi connectivity index (χ0v) is 16.2. The topological polar surface area (TPSA) is 55.4 Å². The summed E-state index contributed by atoms with van der Waals surface area (Å²) in [4.78, 5) is 24.9. The van der Waals surface area contributed by atoms with Crippen molar-refractivity contribution in [2.75, 3.05) is 5.32 Å². The lowest BCUT2D eigenvalue weighted by molar-refractivity contribution is -0.122. The van der Waals surface area contributed by atoms with Crippen LogP contribution < -0.4 is 10.1 Å². The van der Waals surface area contributed by atoms with Gasteiger partial charge in [-0.2, -0.15) is 0 Å². The van der Waals surface area contributed by atoms with E-state index in [0.717, 1.165) is 16.8 Å². The zero-order chi connectivity index (χ0) is 20.1. The largest absolute Gasteiger partial charge is 0.481 e. The fourth-order valence-corrected chi connectivity index (χ4v) is 2.89. The Bertz CT molecular complexity index is 978. The highest BCUT2D eigenvalue weighted by Crippen LogP contribution is 2.19. The molecule has 3 aromatic rings. The molecule has 1 N–H and O–H groups in total. The number of anilines is 1. The highest BCUT2D eigenvalue weighted by atomic mass is 16.5. The third-order valence-electron chi connectivity index (χ3n) is 4.47. The summed E-state index contributed by atoms with van der Waals surface area (Å²) in [5.41, 5.74) is 4.13. The molecule has 4 heteroatoms. The van der Waals surface area contributed by atoms with Gasteiger partial charge in [-0.1, -0.05) is 48.0 Å². The third-order valence-corrected chi connectivity index (χ3v) is 4.47. The smallest absolute Gasteiger partial charge is 0.265 e. The molecule has 0 radical (unpaired) electrons. The number of nitrogens with one attached hydrogen (secondary N) is 1. The number of ether oxygens (including phenoxy) is 1. The second kappa shape index (κ2) is 8.53. The van der Waals surface area contributed by atoms with Gasteiger partial charge in [0, 0.05) is 16.8 Å². The van der Waals surface area contributed by atoms with Crippen molar-refractivity contribution in [2.45, 2.75) is 26.9 Å². The Hall–Kier alpha value is -3.40. The molecule has 1 atom stereocenters. The summed E-state index contributed by atoms with van der Waals surface area (Å²) in [5, 5.41) is 2.89. The van der Waals surface area contributed by atoms with Crippen LogP contribution in [0.5, 0.6) is 5.75 Å². The van der Waals surface area contributed by atoms with E-state index in [1.807, 2.05) is 50.2 Å². The second-order valence-corrected chi connectivity index (χ2v) is 6.79. The molecule has 1 unspecified atom stereocenters. The zero-order valence-electron chi connectivity index (χ0n) is 16.2. The average molecular weight is 373 g/mol. The van der Waals surface area contributed by atoms with Crippen molar-refractivity contribution in [2.24, 2.45) is 0 Å². The number of rotatable bonds is 6. The molecule has 0 aromatic heterocycles. The summed E-state index contributed by atoms with van der Waals surface area (Å²) in [6.45, 7) is 5.66. The minimum atomic E-state index is -0.670. The van der Waals surface area contributed by atoms with Gasteiger partial charge in [-0.3, -0.25) is 9.59 Å². The molecule has 0 spiro atoms. The van der Waals surface area contributed by atoms with Gasteiger partial charge in [0.1, 0.15) is 5.75 Å². The number of benzene rings is 3. The van der Waals surface area contributed by atoms with Crippen molar-refractivity contribution in [1.82, 2.24) is 0 Å². The molecule has 0 heterocycles.